The lowest BCUT2D eigenvalue weighted by molar-refractivity contribution is -0.119. The summed E-state index contributed by atoms with van der Waals surface area (Å²) in [7, 11) is 0. The third kappa shape index (κ3) is 4.66. The number of nitrogens with two attached hydrogens (primary N) is 2. The average molecular weight is 342 g/mol. The molecule has 0 bridgehead atoms. The first kappa shape index (κ1) is 18.2. The minimum Gasteiger partial charge on any atom is -0.368 e. The topological polar surface area (TPSA) is 136 Å². The highest BCUT2D eigenvalue weighted by atomic mass is 16.1. The zero-order chi connectivity index (χ0) is 18.6. The fourth-order valence-corrected chi connectivity index (χ4v) is 2.23. The molecule has 2 amide bonds. The molecule has 25 heavy (non-hydrogen) atoms. The molecular weight excluding hydrogens is 320 g/mol. The Morgan fingerprint density at radius 3 is 2.28 bits per heavy atom. The van der Waals surface area contributed by atoms with Crippen molar-refractivity contribution in [1.82, 2.24) is 9.97 Å². The van der Waals surface area contributed by atoms with Crippen LogP contribution < -0.4 is 22.1 Å². The summed E-state index contributed by atoms with van der Waals surface area (Å²) in [5.41, 5.74) is 12.6. The molecule has 132 valence electrons. The van der Waals surface area contributed by atoms with E-state index in [0.717, 1.165) is 11.3 Å². The molecule has 8 heteroatoms. The number of aromatic nitrogens is 2. The number of carbonyl (C=O) groups excluding carboxylic acids is 2. The van der Waals surface area contributed by atoms with Gasteiger partial charge in [0.2, 0.25) is 5.91 Å². The summed E-state index contributed by atoms with van der Waals surface area (Å²) in [4.78, 5) is 31.5. The van der Waals surface area contributed by atoms with Crippen molar-refractivity contribution in [3.8, 4) is 0 Å². The Labute approximate surface area is 146 Å². The van der Waals surface area contributed by atoms with Crippen molar-refractivity contribution >= 4 is 29.1 Å². The SMILES string of the molecule is Cc1ccc(Nc2nc(N[C@@H](C(N)=O)C(C)C)cnc2C(N)=O)cc1. The molecule has 0 aliphatic heterocycles. The monoisotopic (exact) mass is 342 g/mol. The number of benzene rings is 1. The smallest absolute Gasteiger partial charge is 0.271 e. The van der Waals surface area contributed by atoms with Crippen molar-refractivity contribution in [2.45, 2.75) is 26.8 Å². The lowest BCUT2D eigenvalue weighted by Crippen LogP contribution is -2.39. The van der Waals surface area contributed by atoms with Gasteiger partial charge in [-0.3, -0.25) is 9.59 Å². The highest BCUT2D eigenvalue weighted by Crippen LogP contribution is 2.20. The molecule has 0 unspecified atom stereocenters. The van der Waals surface area contributed by atoms with Crippen molar-refractivity contribution in [3.05, 3.63) is 41.7 Å². The van der Waals surface area contributed by atoms with Gasteiger partial charge in [-0.25, -0.2) is 9.97 Å². The van der Waals surface area contributed by atoms with Crippen LogP contribution in [0.3, 0.4) is 0 Å². The maximum Gasteiger partial charge on any atom is 0.271 e. The molecular formula is C17H22N6O2. The number of aryl methyl sites for hydroxylation is 1. The van der Waals surface area contributed by atoms with Gasteiger partial charge >= 0.3 is 0 Å². The van der Waals surface area contributed by atoms with Gasteiger partial charge in [-0.2, -0.15) is 0 Å². The van der Waals surface area contributed by atoms with Gasteiger partial charge in [-0.1, -0.05) is 31.5 Å². The van der Waals surface area contributed by atoms with E-state index < -0.39 is 17.9 Å². The number of hydrogen-bond donors (Lipinski definition) is 4. The van der Waals surface area contributed by atoms with Crippen molar-refractivity contribution in [2.75, 3.05) is 10.6 Å². The summed E-state index contributed by atoms with van der Waals surface area (Å²) in [6.45, 7) is 5.69. The minimum atomic E-state index is -0.705. The number of nitrogens with one attached hydrogen (secondary N) is 2. The fourth-order valence-electron chi connectivity index (χ4n) is 2.23. The van der Waals surface area contributed by atoms with Gasteiger partial charge in [0.15, 0.2) is 11.5 Å². The van der Waals surface area contributed by atoms with Crippen molar-refractivity contribution in [2.24, 2.45) is 17.4 Å². The van der Waals surface area contributed by atoms with Gasteiger partial charge < -0.3 is 22.1 Å². The Morgan fingerprint density at radius 2 is 1.76 bits per heavy atom. The number of amides is 2. The molecule has 6 N–H and O–H groups in total. The maximum absolute atomic E-state index is 11.6. The molecule has 2 aromatic rings. The van der Waals surface area contributed by atoms with Crippen molar-refractivity contribution in [3.63, 3.8) is 0 Å². The van der Waals surface area contributed by atoms with Gasteiger partial charge in [0.25, 0.3) is 5.91 Å². The molecule has 1 atom stereocenters. The lowest BCUT2D eigenvalue weighted by atomic mass is 10.0. The number of primary amides is 2. The third-order valence-electron chi connectivity index (χ3n) is 3.60. The maximum atomic E-state index is 11.6. The van der Waals surface area contributed by atoms with E-state index in [4.69, 9.17) is 11.5 Å². The van der Waals surface area contributed by atoms with Gasteiger partial charge in [0.05, 0.1) is 6.20 Å². The Morgan fingerprint density at radius 1 is 1.12 bits per heavy atom. The molecule has 0 aliphatic carbocycles. The van der Waals surface area contributed by atoms with Gasteiger partial charge in [0, 0.05) is 5.69 Å². The molecule has 0 aliphatic rings. The third-order valence-corrected chi connectivity index (χ3v) is 3.60. The van der Waals surface area contributed by atoms with Crippen LogP contribution in [-0.4, -0.2) is 27.8 Å². The van der Waals surface area contributed by atoms with Crippen LogP contribution in [0.4, 0.5) is 17.3 Å². The van der Waals surface area contributed by atoms with Crippen LogP contribution in [0.5, 0.6) is 0 Å². The van der Waals surface area contributed by atoms with Crippen LogP contribution >= 0.6 is 0 Å². The van der Waals surface area contributed by atoms with Crippen LogP contribution in [0.25, 0.3) is 0 Å². The van der Waals surface area contributed by atoms with Crippen LogP contribution in [0.15, 0.2) is 30.5 Å². The summed E-state index contributed by atoms with van der Waals surface area (Å²) in [5, 5.41) is 5.96. The first-order valence-corrected chi connectivity index (χ1v) is 7.84. The van der Waals surface area contributed by atoms with E-state index in [1.54, 1.807) is 0 Å². The molecule has 0 spiro atoms. The van der Waals surface area contributed by atoms with E-state index in [9.17, 15) is 9.59 Å². The number of anilines is 3. The summed E-state index contributed by atoms with van der Waals surface area (Å²) in [6, 6.07) is 6.93. The predicted molar refractivity (Wildman–Crippen MR) is 96.5 cm³/mol. The zero-order valence-electron chi connectivity index (χ0n) is 14.4. The summed E-state index contributed by atoms with van der Waals surface area (Å²) >= 11 is 0. The number of rotatable bonds is 7. The lowest BCUT2D eigenvalue weighted by Gasteiger charge is -2.20. The summed E-state index contributed by atoms with van der Waals surface area (Å²) in [5.74, 6) is -0.721. The second-order valence-corrected chi connectivity index (χ2v) is 6.08. The van der Waals surface area contributed by atoms with E-state index in [1.165, 1.54) is 6.20 Å². The van der Waals surface area contributed by atoms with Crippen LogP contribution in [0, 0.1) is 12.8 Å². The van der Waals surface area contributed by atoms with Crippen LogP contribution in [-0.2, 0) is 4.79 Å². The van der Waals surface area contributed by atoms with E-state index in [0.29, 0.717) is 5.82 Å². The molecule has 1 aromatic heterocycles. The molecule has 1 heterocycles. The average Bonchev–Trinajstić information content (AvgIpc) is 2.54. The second-order valence-electron chi connectivity index (χ2n) is 6.08. The van der Waals surface area contributed by atoms with Crippen molar-refractivity contribution in [1.29, 1.82) is 0 Å². The van der Waals surface area contributed by atoms with Gasteiger partial charge in [0.1, 0.15) is 11.9 Å². The van der Waals surface area contributed by atoms with Crippen molar-refractivity contribution < 1.29 is 9.59 Å². The second kappa shape index (κ2) is 7.61. The number of carbonyl (C=O) groups is 2. The highest BCUT2D eigenvalue weighted by Gasteiger charge is 2.21. The zero-order valence-corrected chi connectivity index (χ0v) is 14.4. The highest BCUT2D eigenvalue weighted by molar-refractivity contribution is 5.96. The Bertz CT molecular complexity index is 773. The Hall–Kier alpha value is -3.16. The largest absolute Gasteiger partial charge is 0.368 e. The number of hydrogen-bond acceptors (Lipinski definition) is 6. The predicted octanol–water partition coefficient (Wildman–Crippen LogP) is 1.55. The number of nitrogens with zero attached hydrogens (tertiary/aromatic N) is 2. The summed E-state index contributed by atoms with van der Waals surface area (Å²) in [6.07, 6.45) is 1.35. The first-order valence-electron chi connectivity index (χ1n) is 7.84. The van der Waals surface area contributed by atoms with Crippen LogP contribution in [0.1, 0.15) is 29.9 Å². The molecule has 0 saturated heterocycles. The van der Waals surface area contributed by atoms with Crippen LogP contribution in [0.2, 0.25) is 0 Å². The first-order chi connectivity index (χ1) is 11.8. The van der Waals surface area contributed by atoms with E-state index in [2.05, 4.69) is 20.6 Å². The normalized spacial score (nSPS) is 11.8. The molecule has 0 saturated carbocycles. The van der Waals surface area contributed by atoms with E-state index in [-0.39, 0.29) is 17.4 Å². The minimum absolute atomic E-state index is 0.00583. The quantitative estimate of drug-likeness (QED) is 0.602. The van der Waals surface area contributed by atoms with E-state index in [1.807, 2.05) is 45.0 Å². The summed E-state index contributed by atoms with van der Waals surface area (Å²) < 4.78 is 0. The molecule has 0 radical (unpaired) electrons. The fraction of sp³-hybridized carbons (Fsp3) is 0.294. The van der Waals surface area contributed by atoms with Gasteiger partial charge in [-0.05, 0) is 25.0 Å². The molecule has 1 aromatic carbocycles. The Kier molecular flexibility index (Phi) is 5.53. The standard InChI is InChI=1S/C17H22N6O2/c1-9(2)13(15(18)24)22-12-8-20-14(16(19)25)17(23-12)21-11-6-4-10(3)5-7-11/h4-9,13H,1-3H3,(H2,18,24)(H2,19,25)(H2,21,22,23)/t13-/m1/s1. The van der Waals surface area contributed by atoms with Gasteiger partial charge in [-0.15, -0.1) is 0 Å². The molecule has 8 nitrogen and oxygen atoms in total. The molecule has 0 fully saturated rings. The Balaban J connectivity index is 2.34. The molecule has 2 rings (SSSR count). The van der Waals surface area contributed by atoms with E-state index >= 15 is 0 Å².